The zero-order valence-corrected chi connectivity index (χ0v) is 11.9. The van der Waals surface area contributed by atoms with E-state index in [4.69, 9.17) is 4.74 Å². The Hall–Kier alpha value is -1.27. The zero-order valence-electron chi connectivity index (χ0n) is 11.9. The Morgan fingerprint density at radius 3 is 2.40 bits per heavy atom. The minimum Gasteiger partial charge on any atom is -0.459 e. The molecule has 1 fully saturated rings. The topological polar surface area (TPSA) is 46.6 Å². The first kappa shape index (κ1) is 16.8. The predicted molar refractivity (Wildman–Crippen MR) is 65.8 cm³/mol. The highest BCUT2D eigenvalue weighted by atomic mass is 19.4. The van der Waals surface area contributed by atoms with E-state index in [0.717, 1.165) is 0 Å². The number of carbonyl (C=O) groups is 2. The fourth-order valence-corrected chi connectivity index (χ4v) is 1.96. The lowest BCUT2D eigenvalue weighted by atomic mass is 9.97. The molecule has 4 nitrogen and oxygen atoms in total. The Morgan fingerprint density at radius 1 is 1.30 bits per heavy atom. The minimum atomic E-state index is -4.89. The van der Waals surface area contributed by atoms with E-state index in [1.54, 1.807) is 13.8 Å². The van der Waals surface area contributed by atoms with Crippen LogP contribution in [0, 0.1) is 5.92 Å². The van der Waals surface area contributed by atoms with Crippen molar-refractivity contribution in [1.29, 1.82) is 0 Å². The molecule has 0 unspecified atom stereocenters. The van der Waals surface area contributed by atoms with Crippen molar-refractivity contribution in [1.82, 2.24) is 4.90 Å². The summed E-state index contributed by atoms with van der Waals surface area (Å²) in [5, 5.41) is 0. The SMILES string of the molecule is CCC(C)(C)OC(=O)[C@H]1CCCN(C(=O)C(F)(F)F)C1. The standard InChI is InChI=1S/C13H20F3NO3/c1-4-12(2,3)20-10(18)9-6-5-7-17(8-9)11(19)13(14,15)16/h9H,4-8H2,1-3H3/t9-/m0/s1. The molecule has 1 aliphatic rings. The Bertz CT molecular complexity index is 380. The lowest BCUT2D eigenvalue weighted by Gasteiger charge is -2.34. The first-order valence-electron chi connectivity index (χ1n) is 6.66. The van der Waals surface area contributed by atoms with Crippen LogP contribution in [0.4, 0.5) is 13.2 Å². The fourth-order valence-electron chi connectivity index (χ4n) is 1.96. The molecular weight excluding hydrogens is 275 g/mol. The van der Waals surface area contributed by atoms with Crippen molar-refractivity contribution in [2.75, 3.05) is 13.1 Å². The number of ether oxygens (including phenoxy) is 1. The highest BCUT2D eigenvalue weighted by Crippen LogP contribution is 2.26. The highest BCUT2D eigenvalue weighted by molar-refractivity contribution is 5.83. The third-order valence-electron chi connectivity index (χ3n) is 3.51. The number of amides is 1. The largest absolute Gasteiger partial charge is 0.471 e. The third kappa shape index (κ3) is 4.38. The van der Waals surface area contributed by atoms with Crippen LogP contribution in [-0.4, -0.2) is 41.6 Å². The molecule has 0 bridgehead atoms. The number of halogens is 3. The summed E-state index contributed by atoms with van der Waals surface area (Å²) in [5.74, 6) is -3.10. The molecule has 20 heavy (non-hydrogen) atoms. The molecule has 1 heterocycles. The maximum absolute atomic E-state index is 12.4. The molecule has 1 amide bonds. The quantitative estimate of drug-likeness (QED) is 0.752. The van der Waals surface area contributed by atoms with Crippen molar-refractivity contribution < 1.29 is 27.5 Å². The molecule has 116 valence electrons. The first-order chi connectivity index (χ1) is 9.07. The van der Waals surface area contributed by atoms with E-state index in [9.17, 15) is 22.8 Å². The van der Waals surface area contributed by atoms with Crippen LogP contribution >= 0.6 is 0 Å². The molecule has 1 saturated heterocycles. The molecule has 1 aliphatic heterocycles. The number of hydrogen-bond acceptors (Lipinski definition) is 3. The molecule has 0 N–H and O–H groups in total. The number of alkyl halides is 3. The van der Waals surface area contributed by atoms with Crippen LogP contribution in [0.3, 0.4) is 0 Å². The summed E-state index contributed by atoms with van der Waals surface area (Å²) in [6.45, 7) is 5.14. The summed E-state index contributed by atoms with van der Waals surface area (Å²) >= 11 is 0. The van der Waals surface area contributed by atoms with Gasteiger partial charge in [0.1, 0.15) is 5.60 Å². The Labute approximate surface area is 116 Å². The molecule has 0 aromatic carbocycles. The van der Waals surface area contributed by atoms with Crippen molar-refractivity contribution in [2.24, 2.45) is 5.92 Å². The summed E-state index contributed by atoms with van der Waals surface area (Å²) in [6.07, 6.45) is -3.47. The normalized spacial score (nSPS) is 20.7. The van der Waals surface area contributed by atoms with Crippen LogP contribution in [0.25, 0.3) is 0 Å². The molecule has 0 aromatic heterocycles. The monoisotopic (exact) mass is 295 g/mol. The van der Waals surface area contributed by atoms with Gasteiger partial charge in [-0.05, 0) is 33.1 Å². The van der Waals surface area contributed by atoms with Gasteiger partial charge in [0.05, 0.1) is 5.92 Å². The lowest BCUT2D eigenvalue weighted by Crippen LogP contribution is -2.48. The second kappa shape index (κ2) is 6.01. The number of nitrogens with zero attached hydrogens (tertiary/aromatic N) is 1. The second-order valence-corrected chi connectivity index (χ2v) is 5.62. The minimum absolute atomic E-state index is 0.0271. The van der Waals surface area contributed by atoms with E-state index in [0.29, 0.717) is 24.2 Å². The molecule has 0 spiro atoms. The summed E-state index contributed by atoms with van der Waals surface area (Å²) in [5.41, 5.74) is -0.645. The van der Waals surface area contributed by atoms with Gasteiger partial charge in [0.15, 0.2) is 0 Å². The highest BCUT2D eigenvalue weighted by Gasteiger charge is 2.44. The Kier molecular flexibility index (Phi) is 5.05. The van der Waals surface area contributed by atoms with Gasteiger partial charge in [-0.2, -0.15) is 13.2 Å². The average molecular weight is 295 g/mol. The first-order valence-corrected chi connectivity index (χ1v) is 6.66. The van der Waals surface area contributed by atoms with Crippen LogP contribution < -0.4 is 0 Å². The van der Waals surface area contributed by atoms with E-state index in [-0.39, 0.29) is 13.1 Å². The van der Waals surface area contributed by atoms with Gasteiger partial charge in [0, 0.05) is 13.1 Å². The van der Waals surface area contributed by atoms with Gasteiger partial charge in [0.2, 0.25) is 0 Å². The second-order valence-electron chi connectivity index (χ2n) is 5.62. The number of esters is 1. The average Bonchev–Trinajstić information content (AvgIpc) is 2.36. The molecule has 0 radical (unpaired) electrons. The van der Waals surface area contributed by atoms with E-state index in [2.05, 4.69) is 0 Å². The van der Waals surface area contributed by atoms with E-state index >= 15 is 0 Å². The molecular formula is C13H20F3NO3. The smallest absolute Gasteiger partial charge is 0.459 e. The number of piperidine rings is 1. The molecule has 0 aliphatic carbocycles. The van der Waals surface area contributed by atoms with Crippen LogP contribution in [0.1, 0.15) is 40.0 Å². The Balaban J connectivity index is 2.66. The molecule has 7 heteroatoms. The van der Waals surface area contributed by atoms with Gasteiger partial charge >= 0.3 is 18.1 Å². The van der Waals surface area contributed by atoms with Crippen LogP contribution in [-0.2, 0) is 14.3 Å². The number of rotatable bonds is 3. The third-order valence-corrected chi connectivity index (χ3v) is 3.51. The molecule has 1 rings (SSSR count). The fraction of sp³-hybridized carbons (Fsp3) is 0.846. The van der Waals surface area contributed by atoms with Gasteiger partial charge in [0.25, 0.3) is 0 Å². The maximum Gasteiger partial charge on any atom is 0.471 e. The van der Waals surface area contributed by atoms with Gasteiger partial charge < -0.3 is 9.64 Å². The molecule has 1 atom stereocenters. The number of hydrogen-bond donors (Lipinski definition) is 0. The molecule has 0 aromatic rings. The van der Waals surface area contributed by atoms with Crippen LogP contribution in [0.2, 0.25) is 0 Å². The number of likely N-dealkylation sites (tertiary alicyclic amines) is 1. The van der Waals surface area contributed by atoms with Gasteiger partial charge in [-0.1, -0.05) is 6.92 Å². The van der Waals surface area contributed by atoms with Crippen LogP contribution in [0.15, 0.2) is 0 Å². The van der Waals surface area contributed by atoms with Crippen molar-refractivity contribution >= 4 is 11.9 Å². The zero-order chi connectivity index (χ0) is 15.6. The summed E-state index contributed by atoms with van der Waals surface area (Å²) in [6, 6.07) is 0. The van der Waals surface area contributed by atoms with Crippen molar-refractivity contribution in [3.05, 3.63) is 0 Å². The van der Waals surface area contributed by atoms with Crippen molar-refractivity contribution in [3.63, 3.8) is 0 Å². The van der Waals surface area contributed by atoms with Gasteiger partial charge in [-0.3, -0.25) is 9.59 Å². The van der Waals surface area contributed by atoms with Gasteiger partial charge in [-0.15, -0.1) is 0 Å². The summed E-state index contributed by atoms with van der Waals surface area (Å²) < 4.78 is 42.4. The van der Waals surface area contributed by atoms with E-state index in [1.807, 2.05) is 6.92 Å². The summed E-state index contributed by atoms with van der Waals surface area (Å²) in [4.78, 5) is 23.8. The molecule has 0 saturated carbocycles. The van der Waals surface area contributed by atoms with Gasteiger partial charge in [-0.25, -0.2) is 0 Å². The Morgan fingerprint density at radius 2 is 1.90 bits per heavy atom. The van der Waals surface area contributed by atoms with E-state index < -0.39 is 29.6 Å². The van der Waals surface area contributed by atoms with Crippen molar-refractivity contribution in [2.45, 2.75) is 51.8 Å². The predicted octanol–water partition coefficient (Wildman–Crippen LogP) is 2.52. The van der Waals surface area contributed by atoms with Crippen molar-refractivity contribution in [3.8, 4) is 0 Å². The van der Waals surface area contributed by atoms with E-state index in [1.165, 1.54) is 0 Å². The van der Waals surface area contributed by atoms with Crippen LogP contribution in [0.5, 0.6) is 0 Å². The number of carbonyl (C=O) groups excluding carboxylic acids is 2. The summed E-state index contributed by atoms with van der Waals surface area (Å²) in [7, 11) is 0. The lowest BCUT2D eigenvalue weighted by molar-refractivity contribution is -0.188. The maximum atomic E-state index is 12.4.